The molecule has 0 aromatic heterocycles. The zero-order valence-electron chi connectivity index (χ0n) is 14.5. The van der Waals surface area contributed by atoms with E-state index in [1.54, 1.807) is 24.9 Å². The summed E-state index contributed by atoms with van der Waals surface area (Å²) in [7, 11) is 1.64. The van der Waals surface area contributed by atoms with Crippen molar-refractivity contribution in [3.05, 3.63) is 35.4 Å². The molecule has 1 atom stereocenters. The molecule has 0 aliphatic carbocycles. The van der Waals surface area contributed by atoms with Crippen LogP contribution in [0.3, 0.4) is 0 Å². The minimum absolute atomic E-state index is 0. The van der Waals surface area contributed by atoms with E-state index in [9.17, 15) is 13.2 Å². The Balaban J connectivity index is 0.00000529. The molecule has 0 saturated heterocycles. The number of halogens is 4. The quantitative estimate of drug-likeness (QED) is 0.369. The summed E-state index contributed by atoms with van der Waals surface area (Å²) in [5, 5.41) is 6.32. The summed E-state index contributed by atoms with van der Waals surface area (Å²) in [6, 6.07) is 5.04. The van der Waals surface area contributed by atoms with Gasteiger partial charge in [0, 0.05) is 18.3 Å². The Morgan fingerprint density at radius 2 is 1.92 bits per heavy atom. The summed E-state index contributed by atoms with van der Waals surface area (Å²) >= 11 is 1.73. The number of aliphatic imine (C=N–C) groups is 1. The first-order valence-corrected chi connectivity index (χ1v) is 8.51. The van der Waals surface area contributed by atoms with Crippen molar-refractivity contribution in [2.24, 2.45) is 4.99 Å². The average molecular weight is 475 g/mol. The van der Waals surface area contributed by atoms with E-state index >= 15 is 0 Å². The highest BCUT2D eigenvalue weighted by molar-refractivity contribution is 14.0. The van der Waals surface area contributed by atoms with Crippen molar-refractivity contribution >= 4 is 41.7 Å². The number of benzene rings is 1. The molecule has 0 fully saturated rings. The number of hydrogen-bond acceptors (Lipinski definition) is 2. The molecule has 24 heavy (non-hydrogen) atoms. The van der Waals surface area contributed by atoms with Crippen molar-refractivity contribution in [2.75, 3.05) is 19.8 Å². The van der Waals surface area contributed by atoms with Crippen LogP contribution in [0.1, 0.15) is 37.9 Å². The van der Waals surface area contributed by atoms with Crippen LogP contribution < -0.4 is 10.6 Å². The summed E-state index contributed by atoms with van der Waals surface area (Å²) in [6.45, 7) is 6.72. The molecule has 1 aromatic rings. The monoisotopic (exact) mass is 475 g/mol. The Labute approximate surface area is 163 Å². The van der Waals surface area contributed by atoms with Crippen molar-refractivity contribution in [3.63, 3.8) is 0 Å². The van der Waals surface area contributed by atoms with Crippen LogP contribution in [0, 0.1) is 0 Å². The number of guanidine groups is 1. The van der Waals surface area contributed by atoms with E-state index in [0.717, 1.165) is 12.1 Å². The number of rotatable bonds is 5. The molecule has 0 amide bonds. The van der Waals surface area contributed by atoms with E-state index in [2.05, 4.69) is 29.5 Å². The summed E-state index contributed by atoms with van der Waals surface area (Å²) in [6.07, 6.45) is -2.30. The van der Waals surface area contributed by atoms with Gasteiger partial charge in [-0.15, -0.1) is 24.0 Å². The van der Waals surface area contributed by atoms with Crippen LogP contribution in [0.5, 0.6) is 0 Å². The van der Waals surface area contributed by atoms with Gasteiger partial charge in [-0.25, -0.2) is 0 Å². The van der Waals surface area contributed by atoms with Crippen molar-refractivity contribution in [1.29, 1.82) is 0 Å². The third-order valence-corrected chi connectivity index (χ3v) is 4.77. The smallest absolute Gasteiger partial charge is 0.355 e. The van der Waals surface area contributed by atoms with E-state index in [4.69, 9.17) is 0 Å². The molecule has 8 heteroatoms. The predicted molar refractivity (Wildman–Crippen MR) is 107 cm³/mol. The van der Waals surface area contributed by atoms with Crippen LogP contribution in [0.15, 0.2) is 29.3 Å². The molecule has 0 radical (unpaired) electrons. The first-order valence-electron chi connectivity index (χ1n) is 7.28. The Morgan fingerprint density at radius 1 is 1.29 bits per heavy atom. The Morgan fingerprint density at radius 3 is 2.42 bits per heavy atom. The van der Waals surface area contributed by atoms with Crippen LogP contribution in [-0.4, -0.2) is 30.6 Å². The van der Waals surface area contributed by atoms with Crippen LogP contribution in [0.2, 0.25) is 0 Å². The van der Waals surface area contributed by atoms with Gasteiger partial charge in [0.25, 0.3) is 0 Å². The minimum atomic E-state index is -4.34. The maximum Gasteiger partial charge on any atom is 0.416 e. The first-order chi connectivity index (χ1) is 10.6. The Bertz CT molecular complexity index is 548. The molecule has 0 aliphatic rings. The fraction of sp³-hybridized carbons (Fsp3) is 0.562. The van der Waals surface area contributed by atoms with Gasteiger partial charge in [-0.2, -0.15) is 24.9 Å². The number of thioether (sulfide) groups is 1. The number of nitrogens with zero attached hydrogens (tertiary/aromatic N) is 1. The highest BCUT2D eigenvalue weighted by Gasteiger charge is 2.30. The maximum absolute atomic E-state index is 12.8. The van der Waals surface area contributed by atoms with Crippen LogP contribution in [0.4, 0.5) is 13.2 Å². The van der Waals surface area contributed by atoms with Crippen LogP contribution in [-0.2, 0) is 6.18 Å². The van der Waals surface area contributed by atoms with Gasteiger partial charge in [0.05, 0.1) is 11.6 Å². The second-order valence-electron chi connectivity index (χ2n) is 5.88. The van der Waals surface area contributed by atoms with Gasteiger partial charge in [0.1, 0.15) is 0 Å². The lowest BCUT2D eigenvalue weighted by Gasteiger charge is -2.25. The topological polar surface area (TPSA) is 36.4 Å². The summed E-state index contributed by atoms with van der Waals surface area (Å²) < 4.78 is 38.4. The second-order valence-corrected chi connectivity index (χ2v) is 7.39. The molecule has 0 heterocycles. The third-order valence-electron chi connectivity index (χ3n) is 3.52. The zero-order valence-corrected chi connectivity index (χ0v) is 17.6. The van der Waals surface area contributed by atoms with E-state index in [1.165, 1.54) is 6.07 Å². The van der Waals surface area contributed by atoms with Crippen molar-refractivity contribution in [1.82, 2.24) is 10.6 Å². The number of alkyl halides is 3. The summed E-state index contributed by atoms with van der Waals surface area (Å²) in [5.74, 6) is 0.567. The van der Waals surface area contributed by atoms with Gasteiger partial charge in [0.15, 0.2) is 5.96 Å². The molecule has 0 spiro atoms. The molecule has 3 nitrogen and oxygen atoms in total. The maximum atomic E-state index is 12.8. The highest BCUT2D eigenvalue weighted by Crippen LogP contribution is 2.30. The van der Waals surface area contributed by atoms with E-state index in [0.29, 0.717) is 18.1 Å². The van der Waals surface area contributed by atoms with Crippen molar-refractivity contribution < 1.29 is 13.2 Å². The molecule has 0 bridgehead atoms. The lowest BCUT2D eigenvalue weighted by molar-refractivity contribution is -0.137. The molecule has 2 N–H and O–H groups in total. The summed E-state index contributed by atoms with van der Waals surface area (Å²) in [4.78, 5) is 4.13. The molecule has 0 saturated carbocycles. The van der Waals surface area contributed by atoms with Gasteiger partial charge in [-0.3, -0.25) is 4.99 Å². The SMILES string of the molecule is CN=C(NCC(C)(C)SC)NC(C)c1cccc(C(F)(F)F)c1.I. The molecule has 0 aliphatic heterocycles. The van der Waals surface area contributed by atoms with Gasteiger partial charge in [-0.1, -0.05) is 12.1 Å². The fourth-order valence-electron chi connectivity index (χ4n) is 1.84. The Hall–Kier alpha value is -0.640. The second kappa shape index (κ2) is 9.74. The molecule has 1 aromatic carbocycles. The standard InChI is InChI=1S/C16H24F3N3S.HI/c1-11(12-7-6-8-13(9-12)16(17,18)19)22-14(20-4)21-10-15(2,3)23-5;/h6-9,11H,10H2,1-5H3,(H2,20,21,22);1H. The van der Waals surface area contributed by atoms with Crippen molar-refractivity contribution in [2.45, 2.75) is 37.7 Å². The molecule has 138 valence electrons. The minimum Gasteiger partial charge on any atom is -0.355 e. The van der Waals surface area contributed by atoms with Crippen LogP contribution >= 0.6 is 35.7 Å². The summed E-state index contributed by atoms with van der Waals surface area (Å²) in [5.41, 5.74) is -0.0815. The van der Waals surface area contributed by atoms with Gasteiger partial charge in [-0.05, 0) is 44.7 Å². The normalized spacial score (nSPS) is 13.9. The van der Waals surface area contributed by atoms with Crippen molar-refractivity contribution in [3.8, 4) is 0 Å². The number of nitrogens with one attached hydrogen (secondary N) is 2. The first kappa shape index (κ1) is 23.4. The molecular formula is C16H25F3IN3S. The molecule has 1 rings (SSSR count). The zero-order chi connectivity index (χ0) is 17.7. The van der Waals surface area contributed by atoms with E-state index in [-0.39, 0.29) is 34.8 Å². The Kier molecular flexibility index (Phi) is 9.48. The average Bonchev–Trinajstić information content (AvgIpc) is 2.50. The van der Waals surface area contributed by atoms with Gasteiger partial charge in [0.2, 0.25) is 0 Å². The van der Waals surface area contributed by atoms with Gasteiger partial charge >= 0.3 is 6.18 Å². The third kappa shape index (κ3) is 7.50. The largest absolute Gasteiger partial charge is 0.416 e. The highest BCUT2D eigenvalue weighted by atomic mass is 127. The predicted octanol–water partition coefficient (Wildman–Crippen LogP) is 4.69. The van der Waals surface area contributed by atoms with E-state index in [1.807, 2.05) is 13.2 Å². The molecule has 1 unspecified atom stereocenters. The lowest BCUT2D eigenvalue weighted by Crippen LogP contribution is -2.44. The number of hydrogen-bond donors (Lipinski definition) is 2. The lowest BCUT2D eigenvalue weighted by atomic mass is 10.1. The van der Waals surface area contributed by atoms with Gasteiger partial charge < -0.3 is 10.6 Å². The van der Waals surface area contributed by atoms with E-state index < -0.39 is 11.7 Å². The van der Waals surface area contributed by atoms with Crippen LogP contribution in [0.25, 0.3) is 0 Å². The molecular weight excluding hydrogens is 450 g/mol. The fourth-order valence-corrected chi connectivity index (χ4v) is 2.05.